The lowest BCUT2D eigenvalue weighted by Gasteiger charge is -2.16. The highest BCUT2D eigenvalue weighted by molar-refractivity contribution is 5.77. The highest BCUT2D eigenvalue weighted by Crippen LogP contribution is 2.10. The van der Waals surface area contributed by atoms with Crippen LogP contribution in [0.25, 0.3) is 0 Å². The second kappa shape index (κ2) is 19.7. The monoisotopic (exact) mass is 506 g/mol. The Balaban J connectivity index is 3.87. The van der Waals surface area contributed by atoms with E-state index in [1.165, 1.54) is 13.8 Å². The van der Waals surface area contributed by atoms with Crippen molar-refractivity contribution in [3.05, 3.63) is 0 Å². The molecule has 0 radical (unpaired) electrons. The Morgan fingerprint density at radius 2 is 0.886 bits per heavy atom. The number of carbonyl (C=O) groups excluding carboxylic acids is 4. The van der Waals surface area contributed by atoms with Crippen molar-refractivity contribution in [3.63, 3.8) is 0 Å². The lowest BCUT2D eigenvalue weighted by molar-refractivity contribution is -0.156. The first-order valence-corrected chi connectivity index (χ1v) is 12.3. The number of ether oxygens (including phenoxy) is 7. The van der Waals surface area contributed by atoms with E-state index in [1.54, 1.807) is 0 Å². The lowest BCUT2D eigenvalue weighted by atomic mass is 10.1. The van der Waals surface area contributed by atoms with E-state index in [-0.39, 0.29) is 51.5 Å². The van der Waals surface area contributed by atoms with Crippen molar-refractivity contribution in [2.75, 3.05) is 39.6 Å². The van der Waals surface area contributed by atoms with Crippen LogP contribution in [-0.4, -0.2) is 76.1 Å². The van der Waals surface area contributed by atoms with Gasteiger partial charge in [-0.1, -0.05) is 53.4 Å². The Hall–Kier alpha value is -2.56. The molecule has 11 nitrogen and oxygen atoms in total. The predicted molar refractivity (Wildman–Crippen MR) is 125 cm³/mol. The summed E-state index contributed by atoms with van der Waals surface area (Å²) in [6.07, 6.45) is -0.664. The Morgan fingerprint density at radius 3 is 1.20 bits per heavy atom. The minimum absolute atomic E-state index is 0.0137. The molecule has 2 atom stereocenters. The maximum atomic E-state index is 11.8. The van der Waals surface area contributed by atoms with Crippen molar-refractivity contribution >= 4 is 24.2 Å². The van der Waals surface area contributed by atoms with Crippen LogP contribution in [0.5, 0.6) is 0 Å². The quantitative estimate of drug-likeness (QED) is 0.151. The van der Waals surface area contributed by atoms with Crippen LogP contribution >= 0.6 is 0 Å². The summed E-state index contributed by atoms with van der Waals surface area (Å²) < 4.78 is 34.8. The van der Waals surface area contributed by atoms with Gasteiger partial charge in [0.2, 0.25) is 0 Å². The zero-order valence-corrected chi connectivity index (χ0v) is 21.9. The maximum Gasteiger partial charge on any atom is 0.509 e. The van der Waals surface area contributed by atoms with E-state index in [2.05, 4.69) is 0 Å². The molecule has 0 aliphatic carbocycles. The molecule has 0 aromatic carbocycles. The average Bonchev–Trinajstić information content (AvgIpc) is 2.84. The van der Waals surface area contributed by atoms with Gasteiger partial charge in [0, 0.05) is 0 Å². The minimum atomic E-state index is -1.09. The molecule has 0 aliphatic heterocycles. The predicted octanol–water partition coefficient (Wildman–Crippen LogP) is 4.05. The van der Waals surface area contributed by atoms with Gasteiger partial charge in [-0.2, -0.15) is 0 Å². The fourth-order valence-corrected chi connectivity index (χ4v) is 2.61. The fraction of sp³-hybridized carbons (Fsp3) is 0.833. The van der Waals surface area contributed by atoms with Crippen LogP contribution in [0.15, 0.2) is 0 Å². The van der Waals surface area contributed by atoms with Crippen LogP contribution < -0.4 is 0 Å². The summed E-state index contributed by atoms with van der Waals surface area (Å²) >= 11 is 0. The van der Waals surface area contributed by atoms with Gasteiger partial charge in [0.25, 0.3) is 0 Å². The highest BCUT2D eigenvalue weighted by Gasteiger charge is 2.22. The summed E-state index contributed by atoms with van der Waals surface area (Å²) in [6, 6.07) is 0. The summed E-state index contributed by atoms with van der Waals surface area (Å²) in [7, 11) is 0. The van der Waals surface area contributed by atoms with Gasteiger partial charge in [0.1, 0.15) is 13.2 Å². The molecule has 0 aliphatic rings. The molecule has 0 aromatic heterocycles. The summed E-state index contributed by atoms with van der Waals surface area (Å²) in [5, 5.41) is 0. The van der Waals surface area contributed by atoms with Gasteiger partial charge < -0.3 is 33.2 Å². The molecule has 0 aromatic rings. The molecule has 0 N–H and O–H groups in total. The van der Waals surface area contributed by atoms with Crippen molar-refractivity contribution in [2.24, 2.45) is 11.8 Å². The van der Waals surface area contributed by atoms with Crippen molar-refractivity contribution < 1.29 is 52.3 Å². The van der Waals surface area contributed by atoms with Crippen molar-refractivity contribution in [1.82, 2.24) is 0 Å². The molecule has 0 rings (SSSR count). The first-order chi connectivity index (χ1) is 16.7. The summed E-state index contributed by atoms with van der Waals surface area (Å²) in [6.45, 7) is 11.2. The highest BCUT2D eigenvalue weighted by atomic mass is 16.7. The van der Waals surface area contributed by atoms with E-state index >= 15 is 0 Å². The Labute approximate surface area is 208 Å². The molecule has 0 bridgehead atoms. The maximum absolute atomic E-state index is 11.8. The molecule has 0 fully saturated rings. The molecule has 35 heavy (non-hydrogen) atoms. The van der Waals surface area contributed by atoms with Crippen LogP contribution in [0.2, 0.25) is 0 Å². The lowest BCUT2D eigenvalue weighted by Crippen LogP contribution is -2.29. The van der Waals surface area contributed by atoms with Crippen molar-refractivity contribution in [2.45, 2.75) is 79.4 Å². The fourth-order valence-electron chi connectivity index (χ4n) is 2.61. The van der Waals surface area contributed by atoms with E-state index in [0.717, 1.165) is 25.7 Å². The third kappa shape index (κ3) is 15.9. The van der Waals surface area contributed by atoms with Crippen LogP contribution in [0.1, 0.15) is 67.2 Å². The first-order valence-electron chi connectivity index (χ1n) is 12.3. The van der Waals surface area contributed by atoms with Crippen LogP contribution in [0, 0.1) is 11.8 Å². The molecule has 0 saturated carbocycles. The number of hydrogen-bond donors (Lipinski definition) is 0. The Kier molecular flexibility index (Phi) is 18.3. The number of carbonyl (C=O) groups is 4. The third-order valence-corrected chi connectivity index (χ3v) is 5.34. The Morgan fingerprint density at radius 1 is 0.543 bits per heavy atom. The van der Waals surface area contributed by atoms with Gasteiger partial charge in [0.05, 0.1) is 26.4 Å². The van der Waals surface area contributed by atoms with Crippen molar-refractivity contribution in [3.8, 4) is 0 Å². The second-order valence-corrected chi connectivity index (χ2v) is 7.95. The molecule has 0 spiro atoms. The topological polar surface area (TPSA) is 133 Å². The smallest absolute Gasteiger partial charge is 0.463 e. The zero-order chi connectivity index (χ0) is 26.6. The van der Waals surface area contributed by atoms with E-state index in [4.69, 9.17) is 33.2 Å². The van der Waals surface area contributed by atoms with Gasteiger partial charge in [-0.25, -0.2) is 19.2 Å². The van der Waals surface area contributed by atoms with Crippen LogP contribution in [0.3, 0.4) is 0 Å². The average molecular weight is 507 g/mol. The normalized spacial score (nSPS) is 12.6. The molecule has 0 unspecified atom stereocenters. The van der Waals surface area contributed by atoms with E-state index in [0.29, 0.717) is 0 Å². The molecular formula is C24H42O11. The standard InChI is InChI=1S/C24H42O11/c1-7-19(8-2)15-32-21(25)17(5)34-23(27)30-13-11-29-12-14-31-24(28)35-18(6)22(26)33-16-20(9-3)10-4/h17-20H,7-16H2,1-6H3/t17-,18-/m1/s1. The van der Waals surface area contributed by atoms with E-state index < -0.39 is 36.5 Å². The van der Waals surface area contributed by atoms with Gasteiger partial charge in [-0.05, 0) is 25.7 Å². The molecule has 0 amide bonds. The number of hydrogen-bond acceptors (Lipinski definition) is 11. The first kappa shape index (κ1) is 32.4. The molecular weight excluding hydrogens is 464 g/mol. The Bertz CT molecular complexity index is 563. The summed E-state index contributed by atoms with van der Waals surface area (Å²) in [5.41, 5.74) is 0. The molecule has 0 saturated heterocycles. The SMILES string of the molecule is CCC(CC)COC(=O)[C@@H](C)OC(=O)OCCOCCOC(=O)O[C@H](C)C(=O)OCC(CC)CC. The molecule has 204 valence electrons. The van der Waals surface area contributed by atoms with Gasteiger partial charge in [-0.15, -0.1) is 0 Å². The largest absolute Gasteiger partial charge is 0.509 e. The van der Waals surface area contributed by atoms with Gasteiger partial charge in [0.15, 0.2) is 12.2 Å². The minimum Gasteiger partial charge on any atom is -0.463 e. The number of esters is 2. The van der Waals surface area contributed by atoms with Gasteiger partial charge >= 0.3 is 24.2 Å². The van der Waals surface area contributed by atoms with Crippen LogP contribution in [-0.2, 0) is 42.7 Å². The van der Waals surface area contributed by atoms with Crippen molar-refractivity contribution in [1.29, 1.82) is 0 Å². The van der Waals surface area contributed by atoms with Gasteiger partial charge in [-0.3, -0.25) is 0 Å². The van der Waals surface area contributed by atoms with Crippen LogP contribution in [0.4, 0.5) is 9.59 Å². The molecule has 11 heteroatoms. The third-order valence-electron chi connectivity index (χ3n) is 5.34. The van der Waals surface area contributed by atoms with E-state index in [1.807, 2.05) is 27.7 Å². The molecule has 0 heterocycles. The number of rotatable bonds is 18. The second-order valence-electron chi connectivity index (χ2n) is 7.95. The zero-order valence-electron chi connectivity index (χ0n) is 21.9. The van der Waals surface area contributed by atoms with E-state index in [9.17, 15) is 19.2 Å². The summed E-state index contributed by atoms with van der Waals surface area (Å²) in [4.78, 5) is 47.0. The summed E-state index contributed by atoms with van der Waals surface area (Å²) in [5.74, 6) is -0.735.